The first-order valence-corrected chi connectivity index (χ1v) is 7.63. The minimum Gasteiger partial charge on any atom is -0.497 e. The molecule has 0 aliphatic carbocycles. The molecular formula is C18H16N4O2. The summed E-state index contributed by atoms with van der Waals surface area (Å²) >= 11 is 0. The Hall–Kier alpha value is -3.15. The SMILES string of the molecule is COc1ccc2c(c1)cc(C)c1nn(Cc3cccnc3)c(=O)n12. The number of aryl methyl sites for hydroxylation is 1. The molecule has 0 unspecified atom stereocenters. The molecule has 6 nitrogen and oxygen atoms in total. The topological polar surface area (TPSA) is 61.4 Å². The molecule has 0 saturated carbocycles. The van der Waals surface area contributed by atoms with E-state index in [4.69, 9.17) is 4.74 Å². The standard InChI is InChI=1S/C18H16N4O2/c1-12-8-14-9-15(24-2)5-6-16(14)22-17(12)20-21(18(22)23)11-13-4-3-7-19-10-13/h3-10H,11H2,1-2H3. The Morgan fingerprint density at radius 1 is 1.21 bits per heavy atom. The Morgan fingerprint density at radius 2 is 2.08 bits per heavy atom. The van der Waals surface area contributed by atoms with Gasteiger partial charge in [0.1, 0.15) is 5.75 Å². The molecule has 4 aromatic rings. The van der Waals surface area contributed by atoms with Crippen LogP contribution in [-0.2, 0) is 6.54 Å². The van der Waals surface area contributed by atoms with E-state index in [1.54, 1.807) is 23.9 Å². The molecule has 3 aromatic heterocycles. The normalized spacial score (nSPS) is 11.2. The molecule has 0 radical (unpaired) electrons. The highest BCUT2D eigenvalue weighted by Crippen LogP contribution is 2.23. The molecule has 3 heterocycles. The fraction of sp³-hybridized carbons (Fsp3) is 0.167. The predicted octanol–water partition coefficient (Wildman–Crippen LogP) is 2.41. The average Bonchev–Trinajstić information content (AvgIpc) is 2.93. The maximum atomic E-state index is 12.9. The Morgan fingerprint density at radius 3 is 2.83 bits per heavy atom. The van der Waals surface area contributed by atoms with E-state index in [1.807, 2.05) is 43.3 Å². The third-order valence-corrected chi connectivity index (χ3v) is 4.09. The van der Waals surface area contributed by atoms with Crippen molar-refractivity contribution in [3.63, 3.8) is 0 Å². The van der Waals surface area contributed by atoms with Crippen LogP contribution in [0.2, 0.25) is 0 Å². The molecule has 24 heavy (non-hydrogen) atoms. The van der Waals surface area contributed by atoms with E-state index >= 15 is 0 Å². The monoisotopic (exact) mass is 320 g/mol. The van der Waals surface area contributed by atoms with Gasteiger partial charge in [0.15, 0.2) is 5.65 Å². The summed E-state index contributed by atoms with van der Waals surface area (Å²) in [6.07, 6.45) is 3.45. The zero-order valence-electron chi connectivity index (χ0n) is 13.4. The molecule has 0 N–H and O–H groups in total. The van der Waals surface area contributed by atoms with Crippen LogP contribution < -0.4 is 10.4 Å². The number of rotatable bonds is 3. The van der Waals surface area contributed by atoms with Crippen LogP contribution in [-0.4, -0.2) is 26.3 Å². The minimum absolute atomic E-state index is 0.160. The molecule has 0 amide bonds. The summed E-state index contributed by atoms with van der Waals surface area (Å²) in [5.41, 5.74) is 3.21. The van der Waals surface area contributed by atoms with Crippen molar-refractivity contribution >= 4 is 16.6 Å². The fourth-order valence-electron chi connectivity index (χ4n) is 2.92. The summed E-state index contributed by atoms with van der Waals surface area (Å²) in [5, 5.41) is 5.45. The zero-order valence-corrected chi connectivity index (χ0v) is 13.4. The van der Waals surface area contributed by atoms with E-state index < -0.39 is 0 Å². The third kappa shape index (κ3) is 2.23. The fourth-order valence-corrected chi connectivity index (χ4v) is 2.92. The lowest BCUT2D eigenvalue weighted by atomic mass is 10.1. The van der Waals surface area contributed by atoms with Crippen molar-refractivity contribution in [2.75, 3.05) is 7.11 Å². The summed E-state index contributed by atoms with van der Waals surface area (Å²) in [5.74, 6) is 0.761. The first-order chi connectivity index (χ1) is 11.7. The molecule has 0 saturated heterocycles. The highest BCUT2D eigenvalue weighted by atomic mass is 16.5. The Balaban J connectivity index is 1.96. The quantitative estimate of drug-likeness (QED) is 0.581. The smallest absolute Gasteiger partial charge is 0.351 e. The van der Waals surface area contributed by atoms with Crippen molar-refractivity contribution in [3.05, 3.63) is 70.4 Å². The van der Waals surface area contributed by atoms with Gasteiger partial charge in [-0.15, -0.1) is 5.10 Å². The maximum absolute atomic E-state index is 12.9. The van der Waals surface area contributed by atoms with Crippen molar-refractivity contribution in [1.29, 1.82) is 0 Å². The van der Waals surface area contributed by atoms with Crippen molar-refractivity contribution in [1.82, 2.24) is 19.2 Å². The molecular weight excluding hydrogens is 304 g/mol. The van der Waals surface area contributed by atoms with E-state index in [1.165, 1.54) is 4.68 Å². The van der Waals surface area contributed by atoms with E-state index in [2.05, 4.69) is 10.1 Å². The van der Waals surface area contributed by atoms with Gasteiger partial charge >= 0.3 is 5.69 Å². The molecule has 1 aromatic carbocycles. The van der Waals surface area contributed by atoms with Crippen LogP contribution >= 0.6 is 0 Å². The van der Waals surface area contributed by atoms with Crippen molar-refractivity contribution in [3.8, 4) is 5.75 Å². The van der Waals surface area contributed by atoms with Gasteiger partial charge in [-0.3, -0.25) is 4.98 Å². The Kier molecular flexibility index (Phi) is 3.30. The highest BCUT2D eigenvalue weighted by molar-refractivity contribution is 5.84. The number of fused-ring (bicyclic) bond motifs is 3. The Bertz CT molecular complexity index is 1100. The lowest BCUT2D eigenvalue weighted by Gasteiger charge is -2.05. The summed E-state index contributed by atoms with van der Waals surface area (Å²) in [6.45, 7) is 2.35. The number of methoxy groups -OCH3 is 1. The van der Waals surface area contributed by atoms with Crippen LogP contribution in [0, 0.1) is 6.92 Å². The second-order valence-electron chi connectivity index (χ2n) is 5.71. The number of nitrogens with zero attached hydrogens (tertiary/aromatic N) is 4. The van der Waals surface area contributed by atoms with E-state index in [0.29, 0.717) is 12.2 Å². The molecule has 6 heteroatoms. The number of benzene rings is 1. The van der Waals surface area contributed by atoms with Gasteiger partial charge in [-0.05, 0) is 48.4 Å². The second-order valence-corrected chi connectivity index (χ2v) is 5.71. The van der Waals surface area contributed by atoms with Gasteiger partial charge in [0.25, 0.3) is 0 Å². The number of aromatic nitrogens is 4. The largest absolute Gasteiger partial charge is 0.497 e. The molecule has 120 valence electrons. The zero-order chi connectivity index (χ0) is 16.7. The van der Waals surface area contributed by atoms with Gasteiger partial charge < -0.3 is 4.74 Å². The highest BCUT2D eigenvalue weighted by Gasteiger charge is 2.13. The molecule has 0 fully saturated rings. The van der Waals surface area contributed by atoms with Crippen LogP contribution in [0.5, 0.6) is 5.75 Å². The number of pyridine rings is 2. The summed E-state index contributed by atoms with van der Waals surface area (Å²) in [4.78, 5) is 17.0. The first kappa shape index (κ1) is 14.4. The van der Waals surface area contributed by atoms with Gasteiger partial charge in [-0.2, -0.15) is 0 Å². The van der Waals surface area contributed by atoms with Crippen molar-refractivity contribution in [2.45, 2.75) is 13.5 Å². The maximum Gasteiger partial charge on any atom is 0.351 e. The van der Waals surface area contributed by atoms with Crippen LogP contribution in [0.25, 0.3) is 16.6 Å². The molecule has 0 bridgehead atoms. The number of hydrogen-bond acceptors (Lipinski definition) is 4. The lowest BCUT2D eigenvalue weighted by Crippen LogP contribution is -2.22. The van der Waals surface area contributed by atoms with Gasteiger partial charge in [0.2, 0.25) is 0 Å². The Labute approximate surface area is 137 Å². The third-order valence-electron chi connectivity index (χ3n) is 4.09. The van der Waals surface area contributed by atoms with Crippen molar-refractivity contribution in [2.24, 2.45) is 0 Å². The molecule has 0 atom stereocenters. The summed E-state index contributed by atoms with van der Waals surface area (Å²) < 4.78 is 8.40. The molecule has 0 aliphatic heterocycles. The van der Waals surface area contributed by atoms with Gasteiger partial charge in [0.05, 0.1) is 19.2 Å². The van der Waals surface area contributed by atoms with Crippen LogP contribution in [0.1, 0.15) is 11.1 Å². The molecule has 0 aliphatic rings. The lowest BCUT2D eigenvalue weighted by molar-refractivity contribution is 0.415. The molecule has 0 spiro atoms. The summed E-state index contributed by atoms with van der Waals surface area (Å²) in [7, 11) is 1.63. The van der Waals surface area contributed by atoms with Gasteiger partial charge in [-0.25, -0.2) is 13.9 Å². The van der Waals surface area contributed by atoms with Crippen LogP contribution in [0.4, 0.5) is 0 Å². The van der Waals surface area contributed by atoms with E-state index in [9.17, 15) is 4.79 Å². The second kappa shape index (κ2) is 5.49. The minimum atomic E-state index is -0.160. The average molecular weight is 320 g/mol. The summed E-state index contributed by atoms with van der Waals surface area (Å²) in [6, 6.07) is 11.5. The first-order valence-electron chi connectivity index (χ1n) is 7.63. The van der Waals surface area contributed by atoms with Crippen molar-refractivity contribution < 1.29 is 4.74 Å². The predicted molar refractivity (Wildman–Crippen MR) is 91.6 cm³/mol. The van der Waals surface area contributed by atoms with Gasteiger partial charge in [0, 0.05) is 17.8 Å². The van der Waals surface area contributed by atoms with Crippen LogP contribution in [0.3, 0.4) is 0 Å². The van der Waals surface area contributed by atoms with E-state index in [0.717, 1.165) is 27.8 Å². The van der Waals surface area contributed by atoms with E-state index in [-0.39, 0.29) is 5.69 Å². The number of ether oxygens (including phenoxy) is 1. The molecule has 4 rings (SSSR count). The van der Waals surface area contributed by atoms with Crippen LogP contribution in [0.15, 0.2) is 53.6 Å². The van der Waals surface area contributed by atoms with Gasteiger partial charge in [-0.1, -0.05) is 6.07 Å². The number of hydrogen-bond donors (Lipinski definition) is 0.